The highest BCUT2D eigenvalue weighted by atomic mass is 16.1. The van der Waals surface area contributed by atoms with Gasteiger partial charge in [-0.25, -0.2) is 0 Å². The molecular weight excluding hydrogens is 240 g/mol. The fraction of sp³-hybridized carbons (Fsp3) is 0. The van der Waals surface area contributed by atoms with Crippen LogP contribution in [0.5, 0.6) is 0 Å². The van der Waals surface area contributed by atoms with Crippen LogP contribution in [0.15, 0.2) is 42.5 Å². The van der Waals surface area contributed by atoms with Gasteiger partial charge in [0.05, 0.1) is 22.5 Å². The molecule has 1 amide bonds. The van der Waals surface area contributed by atoms with Gasteiger partial charge in [0.2, 0.25) is 0 Å². The van der Waals surface area contributed by atoms with Crippen LogP contribution >= 0.6 is 0 Å². The van der Waals surface area contributed by atoms with Crippen LogP contribution in [0.2, 0.25) is 0 Å². The van der Waals surface area contributed by atoms with E-state index in [0.29, 0.717) is 28.2 Å². The number of carbonyl (C=O) groups excluding carboxylic acids is 1. The first-order chi connectivity index (χ1) is 9.11. The maximum Gasteiger partial charge on any atom is 0.250 e. The second-order valence-electron chi connectivity index (χ2n) is 3.95. The summed E-state index contributed by atoms with van der Waals surface area (Å²) < 4.78 is 0. The summed E-state index contributed by atoms with van der Waals surface area (Å²) in [4.78, 5) is 11.4. The average Bonchev–Trinajstić information content (AvgIpc) is 2.39. The normalized spacial score (nSPS) is 9.63. The summed E-state index contributed by atoms with van der Waals surface area (Å²) in [6.45, 7) is 0. The predicted octanol–water partition coefficient (Wildman–Crippen LogP) is 1.98. The second kappa shape index (κ2) is 5.10. The summed E-state index contributed by atoms with van der Waals surface area (Å²) in [5.41, 5.74) is 13.4. The van der Waals surface area contributed by atoms with Crippen LogP contribution < -0.4 is 16.8 Å². The molecule has 0 spiro atoms. The maximum absolute atomic E-state index is 11.4. The number of carbonyl (C=O) groups is 1. The summed E-state index contributed by atoms with van der Waals surface area (Å²) in [6, 6.07) is 13.8. The van der Waals surface area contributed by atoms with Gasteiger partial charge in [0.25, 0.3) is 5.91 Å². The molecule has 0 aliphatic heterocycles. The van der Waals surface area contributed by atoms with E-state index in [2.05, 4.69) is 11.4 Å². The number of nitrogens with one attached hydrogen (secondary N) is 1. The van der Waals surface area contributed by atoms with Crippen LogP contribution in [0.3, 0.4) is 0 Å². The lowest BCUT2D eigenvalue weighted by Gasteiger charge is -2.12. The highest BCUT2D eigenvalue weighted by Crippen LogP contribution is 2.25. The van der Waals surface area contributed by atoms with E-state index in [0.717, 1.165) is 0 Å². The summed E-state index contributed by atoms with van der Waals surface area (Å²) in [5.74, 6) is -0.558. The molecule has 0 atom stereocenters. The number of nitrogens with zero attached hydrogens (tertiary/aromatic N) is 1. The first kappa shape index (κ1) is 12.5. The van der Waals surface area contributed by atoms with E-state index in [9.17, 15) is 4.79 Å². The van der Waals surface area contributed by atoms with E-state index in [1.807, 2.05) is 0 Å². The van der Waals surface area contributed by atoms with Crippen LogP contribution in [0.1, 0.15) is 15.9 Å². The molecule has 0 heterocycles. The zero-order valence-electron chi connectivity index (χ0n) is 10.1. The lowest BCUT2D eigenvalue weighted by molar-refractivity contribution is 0.100. The molecule has 19 heavy (non-hydrogen) atoms. The number of nitrogens with two attached hydrogens (primary N) is 2. The zero-order chi connectivity index (χ0) is 13.8. The minimum Gasteiger partial charge on any atom is -0.399 e. The number of hydrogen-bond donors (Lipinski definition) is 3. The number of amides is 1. The number of nitriles is 1. The van der Waals surface area contributed by atoms with Gasteiger partial charge in [-0.2, -0.15) is 5.26 Å². The molecule has 0 unspecified atom stereocenters. The van der Waals surface area contributed by atoms with E-state index in [1.165, 1.54) is 0 Å². The van der Waals surface area contributed by atoms with E-state index in [4.69, 9.17) is 16.7 Å². The third-order valence-corrected chi connectivity index (χ3v) is 2.63. The van der Waals surface area contributed by atoms with Crippen LogP contribution in [0.25, 0.3) is 0 Å². The smallest absolute Gasteiger partial charge is 0.250 e. The van der Waals surface area contributed by atoms with Gasteiger partial charge in [0, 0.05) is 5.69 Å². The largest absolute Gasteiger partial charge is 0.399 e. The molecule has 0 saturated carbocycles. The number of para-hydroxylation sites is 1. The summed E-state index contributed by atoms with van der Waals surface area (Å²) in [6.07, 6.45) is 0. The molecule has 5 heteroatoms. The number of hydrogen-bond acceptors (Lipinski definition) is 4. The Balaban J connectivity index is 2.46. The standard InChI is InChI=1S/C14H12N4O/c15-8-9-3-1-2-4-12(9)18-13-7-10(16)5-6-11(13)14(17)19/h1-7,18H,16H2,(H2,17,19). The van der Waals surface area contributed by atoms with Crippen molar-refractivity contribution in [2.24, 2.45) is 5.73 Å². The van der Waals surface area contributed by atoms with Crippen molar-refractivity contribution in [1.29, 1.82) is 5.26 Å². The molecule has 0 aromatic heterocycles. The zero-order valence-corrected chi connectivity index (χ0v) is 10.1. The number of primary amides is 1. The van der Waals surface area contributed by atoms with Crippen LogP contribution in [-0.2, 0) is 0 Å². The number of benzene rings is 2. The van der Waals surface area contributed by atoms with Crippen molar-refractivity contribution >= 4 is 23.0 Å². The van der Waals surface area contributed by atoms with Crippen molar-refractivity contribution in [3.05, 3.63) is 53.6 Å². The van der Waals surface area contributed by atoms with Crippen molar-refractivity contribution in [1.82, 2.24) is 0 Å². The quantitative estimate of drug-likeness (QED) is 0.726. The monoisotopic (exact) mass is 252 g/mol. The molecule has 2 aromatic carbocycles. The minimum atomic E-state index is -0.558. The highest BCUT2D eigenvalue weighted by Gasteiger charge is 2.10. The van der Waals surface area contributed by atoms with Crippen molar-refractivity contribution in [3.8, 4) is 6.07 Å². The first-order valence-corrected chi connectivity index (χ1v) is 5.57. The van der Waals surface area contributed by atoms with Crippen LogP contribution in [-0.4, -0.2) is 5.91 Å². The molecule has 2 rings (SSSR count). The minimum absolute atomic E-state index is 0.321. The topological polar surface area (TPSA) is 105 Å². The molecule has 0 radical (unpaired) electrons. The molecule has 0 aliphatic rings. The Morgan fingerprint density at radius 3 is 2.58 bits per heavy atom. The van der Waals surface area contributed by atoms with Crippen LogP contribution in [0, 0.1) is 11.3 Å². The Bertz CT molecular complexity index is 673. The van der Waals surface area contributed by atoms with Crippen molar-refractivity contribution < 1.29 is 4.79 Å². The summed E-state index contributed by atoms with van der Waals surface area (Å²) >= 11 is 0. The fourth-order valence-electron chi connectivity index (χ4n) is 1.71. The van der Waals surface area contributed by atoms with Gasteiger partial charge in [0.1, 0.15) is 6.07 Å². The number of rotatable bonds is 3. The van der Waals surface area contributed by atoms with E-state index in [-0.39, 0.29) is 0 Å². The van der Waals surface area contributed by atoms with E-state index < -0.39 is 5.91 Å². The average molecular weight is 252 g/mol. The van der Waals surface area contributed by atoms with Gasteiger partial charge in [-0.15, -0.1) is 0 Å². The van der Waals surface area contributed by atoms with Gasteiger partial charge in [0.15, 0.2) is 0 Å². The Kier molecular flexibility index (Phi) is 3.35. The van der Waals surface area contributed by atoms with Crippen LogP contribution in [0.4, 0.5) is 17.1 Å². The molecular formula is C14H12N4O. The first-order valence-electron chi connectivity index (χ1n) is 5.57. The molecule has 0 aliphatic carbocycles. The lowest BCUT2D eigenvalue weighted by atomic mass is 10.1. The third-order valence-electron chi connectivity index (χ3n) is 2.63. The number of nitrogen functional groups attached to an aromatic ring is 1. The van der Waals surface area contributed by atoms with Crippen molar-refractivity contribution in [2.75, 3.05) is 11.1 Å². The van der Waals surface area contributed by atoms with Gasteiger partial charge >= 0.3 is 0 Å². The van der Waals surface area contributed by atoms with Crippen molar-refractivity contribution in [2.45, 2.75) is 0 Å². The van der Waals surface area contributed by atoms with E-state index >= 15 is 0 Å². The molecule has 0 saturated heterocycles. The number of anilines is 3. The highest BCUT2D eigenvalue weighted by molar-refractivity contribution is 6.00. The Morgan fingerprint density at radius 2 is 1.89 bits per heavy atom. The van der Waals surface area contributed by atoms with Gasteiger partial charge in [-0.05, 0) is 30.3 Å². The molecule has 5 N–H and O–H groups in total. The maximum atomic E-state index is 11.4. The molecule has 94 valence electrons. The van der Waals surface area contributed by atoms with Gasteiger partial charge < -0.3 is 16.8 Å². The second-order valence-corrected chi connectivity index (χ2v) is 3.95. The van der Waals surface area contributed by atoms with Gasteiger partial charge in [-0.1, -0.05) is 12.1 Å². The Morgan fingerprint density at radius 1 is 1.16 bits per heavy atom. The lowest BCUT2D eigenvalue weighted by Crippen LogP contribution is -2.13. The third kappa shape index (κ3) is 2.64. The Labute approximate surface area is 110 Å². The Hall–Kier alpha value is -3.00. The fourth-order valence-corrected chi connectivity index (χ4v) is 1.71. The molecule has 0 bridgehead atoms. The van der Waals surface area contributed by atoms with Crippen molar-refractivity contribution in [3.63, 3.8) is 0 Å². The SMILES string of the molecule is N#Cc1ccccc1Nc1cc(N)ccc1C(N)=O. The predicted molar refractivity (Wildman–Crippen MR) is 73.8 cm³/mol. The van der Waals surface area contributed by atoms with E-state index in [1.54, 1.807) is 42.5 Å². The molecule has 2 aromatic rings. The summed E-state index contributed by atoms with van der Waals surface area (Å²) in [5, 5.41) is 12.0. The molecule has 5 nitrogen and oxygen atoms in total. The van der Waals surface area contributed by atoms with Gasteiger partial charge in [-0.3, -0.25) is 4.79 Å². The molecule has 0 fully saturated rings. The summed E-state index contributed by atoms with van der Waals surface area (Å²) in [7, 11) is 0.